The Balaban J connectivity index is 2.05. The van der Waals surface area contributed by atoms with Gasteiger partial charge in [-0.05, 0) is 36.4 Å². The molecule has 142 valence electrons. The molecule has 0 unspecified atom stereocenters. The number of nitrogens with two attached hydrogens (primary N) is 1. The number of benzene rings is 2. The van der Waals surface area contributed by atoms with Crippen LogP contribution in [0.2, 0.25) is 0 Å². The van der Waals surface area contributed by atoms with E-state index in [9.17, 15) is 23.2 Å². The number of urea groups is 1. The van der Waals surface area contributed by atoms with Gasteiger partial charge in [0.25, 0.3) is 5.91 Å². The zero-order valence-electron chi connectivity index (χ0n) is 13.8. The average molecular weight is 379 g/mol. The summed E-state index contributed by atoms with van der Waals surface area (Å²) in [6.07, 6.45) is 0. The van der Waals surface area contributed by atoms with Crippen molar-refractivity contribution < 1.29 is 32.6 Å². The zero-order chi connectivity index (χ0) is 19.8. The first kappa shape index (κ1) is 19.6. The van der Waals surface area contributed by atoms with Crippen molar-refractivity contribution in [2.45, 2.75) is 6.61 Å². The molecule has 0 aromatic heterocycles. The van der Waals surface area contributed by atoms with Crippen molar-refractivity contribution in [1.82, 2.24) is 5.32 Å². The normalized spacial score (nSPS) is 10.2. The fourth-order valence-electron chi connectivity index (χ4n) is 2.03. The number of anilines is 2. The van der Waals surface area contributed by atoms with Gasteiger partial charge >= 0.3 is 18.6 Å². The van der Waals surface area contributed by atoms with E-state index in [1.165, 1.54) is 30.3 Å². The smallest absolute Gasteiger partial charge is 0.387 e. The van der Waals surface area contributed by atoms with Crippen LogP contribution >= 0.6 is 0 Å². The highest BCUT2D eigenvalue weighted by Crippen LogP contribution is 2.24. The molecule has 0 aliphatic carbocycles. The molecule has 0 atom stereocenters. The van der Waals surface area contributed by atoms with Gasteiger partial charge in [-0.3, -0.25) is 10.1 Å². The molecular weight excluding hydrogens is 364 g/mol. The van der Waals surface area contributed by atoms with Crippen LogP contribution in [-0.2, 0) is 9.53 Å². The van der Waals surface area contributed by atoms with E-state index in [1.54, 1.807) is 23.5 Å². The van der Waals surface area contributed by atoms with Crippen LogP contribution in [-0.4, -0.2) is 31.1 Å². The number of halogens is 2. The lowest BCUT2D eigenvalue weighted by Gasteiger charge is -2.12. The average Bonchev–Trinajstić information content (AvgIpc) is 2.61. The van der Waals surface area contributed by atoms with Crippen LogP contribution in [0.4, 0.5) is 25.0 Å². The van der Waals surface area contributed by atoms with E-state index in [0.717, 1.165) is 0 Å². The van der Waals surface area contributed by atoms with Crippen LogP contribution < -0.4 is 21.1 Å². The van der Waals surface area contributed by atoms with Crippen molar-refractivity contribution in [2.24, 2.45) is 5.73 Å². The van der Waals surface area contributed by atoms with Crippen molar-refractivity contribution in [2.75, 3.05) is 11.9 Å². The van der Waals surface area contributed by atoms with Crippen molar-refractivity contribution in [3.63, 3.8) is 0 Å². The van der Waals surface area contributed by atoms with Crippen LogP contribution in [0.1, 0.15) is 10.4 Å². The third kappa shape index (κ3) is 6.27. The van der Waals surface area contributed by atoms with E-state index in [0.29, 0.717) is 11.4 Å². The topological polar surface area (TPSA) is 120 Å². The summed E-state index contributed by atoms with van der Waals surface area (Å²) in [6.45, 7) is -3.61. The van der Waals surface area contributed by atoms with Crippen molar-refractivity contribution in [3.05, 3.63) is 54.1 Å². The fraction of sp³-hybridized carbons (Fsp3) is 0.118. The number of carbonyl (C=O) groups excluding carboxylic acids is 3. The number of rotatable bonds is 7. The van der Waals surface area contributed by atoms with Gasteiger partial charge in [0.05, 0.1) is 11.3 Å². The Labute approximate surface area is 152 Å². The number of imide groups is 1. The Morgan fingerprint density at radius 1 is 1.04 bits per heavy atom. The van der Waals surface area contributed by atoms with Gasteiger partial charge in [0.2, 0.25) is 0 Å². The van der Waals surface area contributed by atoms with Gasteiger partial charge in [0, 0.05) is 5.69 Å². The first-order valence-corrected chi connectivity index (χ1v) is 7.52. The number of ether oxygens (including phenoxy) is 2. The van der Waals surface area contributed by atoms with Gasteiger partial charge in [-0.2, -0.15) is 8.78 Å². The number of para-hydroxylation sites is 1. The van der Waals surface area contributed by atoms with E-state index >= 15 is 0 Å². The molecule has 27 heavy (non-hydrogen) atoms. The predicted molar refractivity (Wildman–Crippen MR) is 90.8 cm³/mol. The quantitative estimate of drug-likeness (QED) is 0.636. The molecule has 0 aliphatic heterocycles. The molecule has 0 fully saturated rings. The summed E-state index contributed by atoms with van der Waals surface area (Å²) >= 11 is 0. The van der Waals surface area contributed by atoms with Gasteiger partial charge in [-0.1, -0.05) is 12.1 Å². The van der Waals surface area contributed by atoms with Crippen LogP contribution in [0.15, 0.2) is 48.5 Å². The molecular formula is C17H15F2N3O5. The van der Waals surface area contributed by atoms with E-state index in [2.05, 4.69) is 10.1 Å². The summed E-state index contributed by atoms with van der Waals surface area (Å²) in [6, 6.07) is 10.9. The standard InChI is InChI=1S/C17H15F2N3O5/c18-16(19)27-11-7-5-10(6-8-11)21-13-4-2-1-3-12(13)15(24)26-9-14(23)22-17(20)25/h1-8,16,21H,9H2,(H3,20,22,23,25). The zero-order valence-corrected chi connectivity index (χ0v) is 13.8. The van der Waals surface area contributed by atoms with E-state index in [1.807, 2.05) is 0 Å². The van der Waals surface area contributed by atoms with Crippen molar-refractivity contribution in [3.8, 4) is 5.75 Å². The minimum Gasteiger partial charge on any atom is -0.452 e. The second-order valence-corrected chi connectivity index (χ2v) is 5.06. The minimum absolute atomic E-state index is 0.0105. The molecule has 4 N–H and O–H groups in total. The molecule has 3 amide bonds. The molecule has 0 saturated heterocycles. The molecule has 8 nitrogen and oxygen atoms in total. The number of hydrogen-bond donors (Lipinski definition) is 3. The summed E-state index contributed by atoms with van der Waals surface area (Å²) in [5.41, 5.74) is 5.77. The number of hydrogen-bond acceptors (Lipinski definition) is 6. The van der Waals surface area contributed by atoms with E-state index in [4.69, 9.17) is 10.5 Å². The third-order valence-electron chi connectivity index (χ3n) is 3.10. The van der Waals surface area contributed by atoms with Crippen molar-refractivity contribution >= 4 is 29.3 Å². The summed E-state index contributed by atoms with van der Waals surface area (Å²) in [5.74, 6) is -1.69. The van der Waals surface area contributed by atoms with Crippen LogP contribution in [0.5, 0.6) is 5.75 Å². The van der Waals surface area contributed by atoms with Crippen LogP contribution in [0.3, 0.4) is 0 Å². The fourth-order valence-corrected chi connectivity index (χ4v) is 2.03. The molecule has 0 spiro atoms. The second kappa shape index (κ2) is 9.13. The third-order valence-corrected chi connectivity index (χ3v) is 3.10. The first-order chi connectivity index (χ1) is 12.8. The lowest BCUT2D eigenvalue weighted by Crippen LogP contribution is -2.37. The number of primary amides is 1. The van der Waals surface area contributed by atoms with Crippen LogP contribution in [0, 0.1) is 0 Å². The van der Waals surface area contributed by atoms with E-state index in [-0.39, 0.29) is 11.3 Å². The maximum Gasteiger partial charge on any atom is 0.387 e. The van der Waals surface area contributed by atoms with Gasteiger partial charge in [0.1, 0.15) is 5.75 Å². The molecule has 0 radical (unpaired) electrons. The maximum absolute atomic E-state index is 12.2. The molecule has 2 aromatic rings. The maximum atomic E-state index is 12.2. The lowest BCUT2D eigenvalue weighted by atomic mass is 10.1. The largest absolute Gasteiger partial charge is 0.452 e. The summed E-state index contributed by atoms with van der Waals surface area (Å²) in [7, 11) is 0. The predicted octanol–water partition coefficient (Wildman–Crippen LogP) is 2.38. The summed E-state index contributed by atoms with van der Waals surface area (Å²) in [5, 5.41) is 4.70. The number of nitrogens with one attached hydrogen (secondary N) is 2. The van der Waals surface area contributed by atoms with Crippen LogP contribution in [0.25, 0.3) is 0 Å². The molecule has 0 saturated carbocycles. The summed E-state index contributed by atoms with van der Waals surface area (Å²) in [4.78, 5) is 34.0. The molecule has 0 bridgehead atoms. The van der Waals surface area contributed by atoms with E-state index < -0.39 is 31.1 Å². The first-order valence-electron chi connectivity index (χ1n) is 7.52. The number of alkyl halides is 2. The highest BCUT2D eigenvalue weighted by atomic mass is 19.3. The Morgan fingerprint density at radius 2 is 1.70 bits per heavy atom. The SMILES string of the molecule is NC(=O)NC(=O)COC(=O)c1ccccc1Nc1ccc(OC(F)F)cc1. The monoisotopic (exact) mass is 379 g/mol. The van der Waals surface area contributed by atoms with Crippen molar-refractivity contribution in [1.29, 1.82) is 0 Å². The molecule has 0 heterocycles. The number of carbonyl (C=O) groups is 3. The molecule has 2 rings (SSSR count). The Morgan fingerprint density at radius 3 is 2.33 bits per heavy atom. The number of amides is 3. The minimum atomic E-state index is -2.92. The Hall–Kier alpha value is -3.69. The Bertz CT molecular complexity index is 828. The second-order valence-electron chi connectivity index (χ2n) is 5.06. The molecule has 0 aliphatic rings. The van der Waals surface area contributed by atoms with Gasteiger partial charge < -0.3 is 20.5 Å². The highest BCUT2D eigenvalue weighted by molar-refractivity contribution is 5.99. The van der Waals surface area contributed by atoms with Gasteiger partial charge in [-0.25, -0.2) is 9.59 Å². The summed E-state index contributed by atoms with van der Waals surface area (Å²) < 4.78 is 33.4. The molecule has 10 heteroatoms. The van der Waals surface area contributed by atoms with Gasteiger partial charge in [0.15, 0.2) is 6.61 Å². The lowest BCUT2D eigenvalue weighted by molar-refractivity contribution is -0.123. The Kier molecular flexibility index (Phi) is 6.64. The highest BCUT2D eigenvalue weighted by Gasteiger charge is 2.15. The number of esters is 1. The van der Waals surface area contributed by atoms with Gasteiger partial charge in [-0.15, -0.1) is 0 Å². The molecule has 2 aromatic carbocycles.